The van der Waals surface area contributed by atoms with E-state index in [1.165, 1.54) is 0 Å². The van der Waals surface area contributed by atoms with E-state index in [1.807, 2.05) is 19.9 Å². The van der Waals surface area contributed by atoms with Crippen LogP contribution in [0, 0.1) is 0 Å². The Balaban J connectivity index is 1.94. The van der Waals surface area contributed by atoms with Crippen molar-refractivity contribution in [2.75, 3.05) is 6.61 Å². The van der Waals surface area contributed by atoms with Crippen LogP contribution in [0.25, 0.3) is 5.69 Å². The molecule has 9 heteroatoms. The Morgan fingerprint density at radius 2 is 2.13 bits per heavy atom. The second-order valence-electron chi connectivity index (χ2n) is 5.75. The van der Waals surface area contributed by atoms with E-state index in [9.17, 15) is 18.0 Å². The first kappa shape index (κ1) is 15.4. The maximum atomic E-state index is 12.1. The fourth-order valence-corrected chi connectivity index (χ4v) is 2.38. The van der Waals surface area contributed by atoms with Crippen LogP contribution in [0.4, 0.5) is 13.2 Å². The van der Waals surface area contributed by atoms with Gasteiger partial charge in [-0.3, -0.25) is 0 Å². The fraction of sp³-hybridized carbons (Fsp3) is 0.429. The summed E-state index contributed by atoms with van der Waals surface area (Å²) < 4.78 is 52.0. The minimum Gasteiger partial charge on any atom is -0.485 e. The summed E-state index contributed by atoms with van der Waals surface area (Å²) in [5.41, 5.74) is 0.727. The predicted molar refractivity (Wildman–Crippen MR) is 72.1 cm³/mol. The highest BCUT2D eigenvalue weighted by molar-refractivity contribution is 5.54. The maximum Gasteiger partial charge on any atom is 0.444 e. The van der Waals surface area contributed by atoms with Crippen LogP contribution >= 0.6 is 0 Å². The summed E-state index contributed by atoms with van der Waals surface area (Å²) in [4.78, 5) is 11.8. The number of hydrogen-bond acceptors (Lipinski definition) is 5. The zero-order chi connectivity index (χ0) is 16.8. The normalized spacial score (nSPS) is 16.0. The second-order valence-corrected chi connectivity index (χ2v) is 5.75. The van der Waals surface area contributed by atoms with E-state index in [2.05, 4.69) is 14.3 Å². The summed E-state index contributed by atoms with van der Waals surface area (Å²) in [5.74, 6) is -0.501. The second kappa shape index (κ2) is 5.04. The summed E-state index contributed by atoms with van der Waals surface area (Å²) >= 11 is 0. The average Bonchev–Trinajstić information content (AvgIpc) is 2.93. The first-order chi connectivity index (χ1) is 10.6. The molecule has 0 amide bonds. The van der Waals surface area contributed by atoms with Gasteiger partial charge >= 0.3 is 18.0 Å². The third-order valence-corrected chi connectivity index (χ3v) is 3.19. The highest BCUT2D eigenvalue weighted by Gasteiger charge is 2.33. The molecule has 0 saturated carbocycles. The monoisotopic (exact) mass is 330 g/mol. The van der Waals surface area contributed by atoms with E-state index in [1.54, 1.807) is 12.1 Å². The Kier molecular flexibility index (Phi) is 3.38. The molecule has 0 saturated heterocycles. The summed E-state index contributed by atoms with van der Waals surface area (Å²) in [6, 6.07) is 5.12. The molecule has 1 aliphatic rings. The van der Waals surface area contributed by atoms with E-state index in [-0.39, 0.29) is 0 Å². The van der Waals surface area contributed by atoms with E-state index < -0.39 is 30.2 Å². The molecule has 0 atom stereocenters. The number of para-hydroxylation sites is 1. The molecule has 0 N–H and O–H groups in total. The molecule has 1 aliphatic heterocycles. The van der Waals surface area contributed by atoms with Crippen molar-refractivity contribution in [2.45, 2.75) is 32.0 Å². The highest BCUT2D eigenvalue weighted by atomic mass is 19.4. The van der Waals surface area contributed by atoms with Crippen molar-refractivity contribution in [2.24, 2.45) is 0 Å². The number of ether oxygens (including phenoxy) is 2. The Hall–Kier alpha value is -2.45. The Bertz CT molecular complexity index is 792. The van der Waals surface area contributed by atoms with Crippen LogP contribution in [0.2, 0.25) is 0 Å². The Morgan fingerprint density at radius 1 is 1.39 bits per heavy atom. The van der Waals surface area contributed by atoms with Gasteiger partial charge in [0.05, 0.1) is 0 Å². The van der Waals surface area contributed by atoms with Crippen LogP contribution < -0.4 is 15.2 Å². The molecule has 23 heavy (non-hydrogen) atoms. The zero-order valence-corrected chi connectivity index (χ0v) is 12.3. The lowest BCUT2D eigenvalue weighted by atomic mass is 10.0. The Morgan fingerprint density at radius 3 is 2.83 bits per heavy atom. The summed E-state index contributed by atoms with van der Waals surface area (Å²) in [6.45, 7) is 2.18. The first-order valence-corrected chi connectivity index (χ1v) is 6.76. The number of halogens is 3. The lowest BCUT2D eigenvalue weighted by Crippen LogP contribution is -2.25. The largest absolute Gasteiger partial charge is 0.485 e. The molecule has 0 bridgehead atoms. The van der Waals surface area contributed by atoms with Gasteiger partial charge in [0.1, 0.15) is 17.0 Å². The van der Waals surface area contributed by atoms with Crippen molar-refractivity contribution < 1.29 is 27.1 Å². The maximum absolute atomic E-state index is 12.1. The van der Waals surface area contributed by atoms with Gasteiger partial charge in [-0.2, -0.15) is 17.9 Å². The zero-order valence-electron chi connectivity index (χ0n) is 12.3. The molecule has 124 valence electrons. The highest BCUT2D eigenvalue weighted by Crippen LogP contribution is 2.38. The lowest BCUT2D eigenvalue weighted by molar-refractivity contribution is -0.157. The van der Waals surface area contributed by atoms with Crippen molar-refractivity contribution in [3.05, 3.63) is 34.3 Å². The fourth-order valence-electron chi connectivity index (χ4n) is 2.38. The van der Waals surface area contributed by atoms with Gasteiger partial charge < -0.3 is 13.9 Å². The summed E-state index contributed by atoms with van der Waals surface area (Å²) in [5, 5.41) is 3.64. The molecule has 1 aromatic carbocycles. The topological polar surface area (TPSA) is 66.5 Å². The van der Waals surface area contributed by atoms with Crippen molar-refractivity contribution in [3.8, 4) is 17.5 Å². The van der Waals surface area contributed by atoms with Crippen LogP contribution in [0.1, 0.15) is 19.4 Å². The van der Waals surface area contributed by atoms with Crippen molar-refractivity contribution in [1.82, 2.24) is 9.78 Å². The smallest absolute Gasteiger partial charge is 0.444 e. The SMILES string of the molecule is CC1(C)Cc2cccc(-n3nc(OCC(F)(F)F)oc3=O)c2O1. The molecular weight excluding hydrogens is 317 g/mol. The van der Waals surface area contributed by atoms with Crippen LogP contribution in [-0.4, -0.2) is 28.2 Å². The van der Waals surface area contributed by atoms with E-state index in [0.717, 1.165) is 10.2 Å². The number of aromatic nitrogens is 2. The number of fused-ring (bicyclic) bond motifs is 1. The molecule has 0 unspecified atom stereocenters. The van der Waals surface area contributed by atoms with Gasteiger partial charge in [-0.05, 0) is 19.9 Å². The number of nitrogens with zero attached hydrogens (tertiary/aromatic N) is 2. The third-order valence-electron chi connectivity index (χ3n) is 3.19. The minimum absolute atomic E-state index is 0.295. The van der Waals surface area contributed by atoms with Crippen molar-refractivity contribution in [1.29, 1.82) is 0 Å². The van der Waals surface area contributed by atoms with Crippen LogP contribution in [-0.2, 0) is 6.42 Å². The predicted octanol–water partition coefficient (Wildman–Crippen LogP) is 2.48. The summed E-state index contributed by atoms with van der Waals surface area (Å²) in [6.07, 6.45) is -4.66. The molecule has 0 spiro atoms. The van der Waals surface area contributed by atoms with Gasteiger partial charge in [0.25, 0.3) is 0 Å². The third kappa shape index (κ3) is 3.17. The number of rotatable bonds is 3. The van der Waals surface area contributed by atoms with E-state index >= 15 is 0 Å². The Labute approximate surface area is 128 Å². The number of benzene rings is 1. The lowest BCUT2D eigenvalue weighted by Gasteiger charge is -2.17. The van der Waals surface area contributed by atoms with E-state index in [0.29, 0.717) is 17.9 Å². The minimum atomic E-state index is -4.55. The van der Waals surface area contributed by atoms with Gasteiger partial charge in [0.15, 0.2) is 6.61 Å². The van der Waals surface area contributed by atoms with Gasteiger partial charge in [-0.15, -0.1) is 0 Å². The van der Waals surface area contributed by atoms with Gasteiger partial charge in [-0.25, -0.2) is 4.79 Å². The van der Waals surface area contributed by atoms with Crippen molar-refractivity contribution in [3.63, 3.8) is 0 Å². The molecule has 0 fully saturated rings. The molecule has 0 aliphatic carbocycles. The molecule has 0 radical (unpaired) electrons. The molecule has 2 heterocycles. The first-order valence-electron chi connectivity index (χ1n) is 6.76. The average molecular weight is 330 g/mol. The van der Waals surface area contributed by atoms with Gasteiger partial charge in [-0.1, -0.05) is 17.2 Å². The van der Waals surface area contributed by atoms with Crippen LogP contribution in [0.15, 0.2) is 27.4 Å². The van der Waals surface area contributed by atoms with Crippen LogP contribution in [0.5, 0.6) is 11.8 Å². The molecule has 2 aromatic rings. The molecule has 3 rings (SSSR count). The van der Waals surface area contributed by atoms with Gasteiger partial charge in [0, 0.05) is 12.0 Å². The summed E-state index contributed by atoms with van der Waals surface area (Å²) in [7, 11) is 0. The molecular formula is C14H13F3N2O4. The van der Waals surface area contributed by atoms with Gasteiger partial charge in [0.2, 0.25) is 0 Å². The quantitative estimate of drug-likeness (QED) is 0.865. The van der Waals surface area contributed by atoms with Crippen LogP contribution in [0.3, 0.4) is 0 Å². The standard InChI is InChI=1S/C14H13F3N2O4/c1-13(2)6-8-4-3-5-9(10(8)23-13)19-12(20)22-11(18-19)21-7-14(15,16)17/h3-5H,6-7H2,1-2H3. The number of alkyl halides is 3. The van der Waals surface area contributed by atoms with E-state index in [4.69, 9.17) is 4.74 Å². The molecule has 1 aromatic heterocycles. The van der Waals surface area contributed by atoms with Crippen molar-refractivity contribution >= 4 is 0 Å². The number of hydrogen-bond donors (Lipinski definition) is 0. The molecule has 6 nitrogen and oxygen atoms in total.